The quantitative estimate of drug-likeness (QED) is 0.284. The minimum Gasteiger partial charge on any atom is -0.479 e. The second-order valence-corrected chi connectivity index (χ2v) is 11.7. The van der Waals surface area contributed by atoms with Gasteiger partial charge in [0, 0.05) is 24.6 Å². The minimum absolute atomic E-state index is 0.0944. The number of rotatable bonds is 11. The van der Waals surface area contributed by atoms with Crippen LogP contribution in [0.5, 0.6) is 5.75 Å². The van der Waals surface area contributed by atoms with Crippen molar-refractivity contribution in [3.63, 3.8) is 0 Å². The highest BCUT2D eigenvalue weighted by Crippen LogP contribution is 2.39. The van der Waals surface area contributed by atoms with Gasteiger partial charge in [-0.2, -0.15) is 0 Å². The van der Waals surface area contributed by atoms with Crippen molar-refractivity contribution in [3.8, 4) is 5.75 Å². The van der Waals surface area contributed by atoms with Crippen molar-refractivity contribution in [1.29, 1.82) is 0 Å². The topological polar surface area (TPSA) is 119 Å². The van der Waals surface area contributed by atoms with Gasteiger partial charge in [-0.05, 0) is 72.4 Å². The number of ether oxygens (including phenoxy) is 1. The third kappa shape index (κ3) is 10.0. The standard InChI is InChI=1S/C30H39F3N2O6/c1-29(2,3)22-10-12-23(13-11-22)35(26(37)16-19-6-14-24(15-7-19)41-30(31,32)33)18-20-4-8-21(9-5-20)27(38)34-17-25(36)28(39)40/h4-9,14-15,22-23,25-26,36-37H,10-13,16-18H2,1-3H3,(H,34,38)(H,39,40)/t22?,23?,25-,26?/m1/s1. The van der Waals surface area contributed by atoms with Gasteiger partial charge in [-0.15, -0.1) is 13.2 Å². The van der Waals surface area contributed by atoms with Crippen molar-refractivity contribution in [2.45, 2.75) is 84.2 Å². The second kappa shape index (κ2) is 13.7. The molecule has 0 heterocycles. The molecule has 1 saturated carbocycles. The SMILES string of the molecule is CC(C)(C)C1CCC(N(Cc2ccc(C(=O)NC[C@@H](O)C(=O)O)cc2)C(O)Cc2ccc(OC(F)(F)F)cc2)CC1. The highest BCUT2D eigenvalue weighted by Gasteiger charge is 2.34. The molecule has 1 aliphatic carbocycles. The van der Waals surface area contributed by atoms with Crippen LogP contribution in [-0.2, 0) is 17.8 Å². The van der Waals surface area contributed by atoms with Gasteiger partial charge in [0.15, 0.2) is 6.10 Å². The summed E-state index contributed by atoms with van der Waals surface area (Å²) in [7, 11) is 0. The molecule has 3 rings (SSSR count). The summed E-state index contributed by atoms with van der Waals surface area (Å²) in [4.78, 5) is 25.1. The molecule has 2 aromatic rings. The Morgan fingerprint density at radius 2 is 1.51 bits per heavy atom. The van der Waals surface area contributed by atoms with Gasteiger partial charge in [-0.25, -0.2) is 4.79 Å². The molecule has 2 aromatic carbocycles. The molecule has 0 radical (unpaired) electrons. The summed E-state index contributed by atoms with van der Waals surface area (Å²) in [5.41, 5.74) is 1.99. The van der Waals surface area contributed by atoms with Crippen LogP contribution in [0.25, 0.3) is 0 Å². The van der Waals surface area contributed by atoms with E-state index in [9.17, 15) is 33.0 Å². The number of amides is 1. The number of nitrogens with zero attached hydrogens (tertiary/aromatic N) is 1. The molecule has 41 heavy (non-hydrogen) atoms. The molecule has 0 aromatic heterocycles. The average Bonchev–Trinajstić information content (AvgIpc) is 2.90. The van der Waals surface area contributed by atoms with Crippen LogP contribution >= 0.6 is 0 Å². The second-order valence-electron chi connectivity index (χ2n) is 11.7. The normalized spacial score (nSPS) is 19.4. The molecular weight excluding hydrogens is 541 g/mol. The fraction of sp³-hybridized carbons (Fsp3) is 0.533. The molecular formula is C30H39F3N2O6. The van der Waals surface area contributed by atoms with Crippen LogP contribution in [-0.4, -0.2) is 63.4 Å². The molecule has 0 aliphatic heterocycles. The maximum absolute atomic E-state index is 12.5. The molecule has 1 unspecified atom stereocenters. The number of hydrogen-bond donors (Lipinski definition) is 4. The van der Waals surface area contributed by atoms with Gasteiger partial charge in [0.2, 0.25) is 0 Å². The molecule has 1 amide bonds. The van der Waals surface area contributed by atoms with Crippen LogP contribution in [0.1, 0.15) is 67.9 Å². The molecule has 2 atom stereocenters. The third-order valence-electron chi connectivity index (χ3n) is 7.67. The Labute approximate surface area is 238 Å². The number of carboxylic acid groups (broad SMARTS) is 1. The zero-order chi connectivity index (χ0) is 30.4. The zero-order valence-electron chi connectivity index (χ0n) is 23.5. The molecule has 11 heteroatoms. The van der Waals surface area contributed by atoms with E-state index in [1.807, 2.05) is 4.90 Å². The van der Waals surface area contributed by atoms with Crippen molar-refractivity contribution in [1.82, 2.24) is 10.2 Å². The molecule has 0 bridgehead atoms. The van der Waals surface area contributed by atoms with E-state index in [4.69, 9.17) is 5.11 Å². The van der Waals surface area contributed by atoms with E-state index in [1.54, 1.807) is 24.3 Å². The van der Waals surface area contributed by atoms with Crippen molar-refractivity contribution in [2.24, 2.45) is 11.3 Å². The van der Waals surface area contributed by atoms with E-state index in [0.29, 0.717) is 23.6 Å². The maximum atomic E-state index is 12.5. The first kappa shape index (κ1) is 32.4. The van der Waals surface area contributed by atoms with Gasteiger partial charge >= 0.3 is 12.3 Å². The van der Waals surface area contributed by atoms with Gasteiger partial charge in [-0.3, -0.25) is 9.69 Å². The molecule has 0 spiro atoms. The monoisotopic (exact) mass is 580 g/mol. The van der Waals surface area contributed by atoms with Crippen LogP contribution in [0.3, 0.4) is 0 Å². The molecule has 4 N–H and O–H groups in total. The van der Waals surface area contributed by atoms with Gasteiger partial charge in [0.1, 0.15) is 12.0 Å². The van der Waals surface area contributed by atoms with E-state index in [0.717, 1.165) is 31.2 Å². The summed E-state index contributed by atoms with van der Waals surface area (Å²) >= 11 is 0. The summed E-state index contributed by atoms with van der Waals surface area (Å²) in [5.74, 6) is -1.71. The van der Waals surface area contributed by atoms with Crippen LogP contribution in [0.2, 0.25) is 0 Å². The van der Waals surface area contributed by atoms with E-state index in [-0.39, 0.29) is 23.6 Å². The van der Waals surface area contributed by atoms with E-state index < -0.39 is 37.1 Å². The minimum atomic E-state index is -4.78. The number of carboxylic acids is 1. The Kier molecular flexibility index (Phi) is 10.8. The van der Waals surface area contributed by atoms with Crippen LogP contribution in [0.4, 0.5) is 13.2 Å². The predicted octanol–water partition coefficient (Wildman–Crippen LogP) is 4.73. The summed E-state index contributed by atoms with van der Waals surface area (Å²) in [6.07, 6.45) is -3.36. The number of benzene rings is 2. The Morgan fingerprint density at radius 3 is 2.02 bits per heavy atom. The largest absolute Gasteiger partial charge is 0.573 e. The lowest BCUT2D eigenvalue weighted by molar-refractivity contribution is -0.274. The smallest absolute Gasteiger partial charge is 0.479 e. The molecule has 226 valence electrons. The number of carbonyl (C=O) groups is 2. The lowest BCUT2D eigenvalue weighted by atomic mass is 9.71. The number of alkyl halides is 3. The predicted molar refractivity (Wildman–Crippen MR) is 146 cm³/mol. The Balaban J connectivity index is 1.72. The third-order valence-corrected chi connectivity index (χ3v) is 7.67. The van der Waals surface area contributed by atoms with Gasteiger partial charge in [0.05, 0.1) is 6.54 Å². The number of hydrogen-bond acceptors (Lipinski definition) is 6. The van der Waals surface area contributed by atoms with Crippen molar-refractivity contribution in [3.05, 3.63) is 65.2 Å². The van der Waals surface area contributed by atoms with E-state index in [1.165, 1.54) is 24.3 Å². The highest BCUT2D eigenvalue weighted by atomic mass is 19.4. The first-order valence-corrected chi connectivity index (χ1v) is 13.7. The fourth-order valence-electron chi connectivity index (χ4n) is 5.26. The van der Waals surface area contributed by atoms with Crippen LogP contribution in [0.15, 0.2) is 48.5 Å². The van der Waals surface area contributed by atoms with Gasteiger partial charge in [-0.1, -0.05) is 45.0 Å². The number of nitrogens with one attached hydrogen (secondary N) is 1. The summed E-state index contributed by atoms with van der Waals surface area (Å²) < 4.78 is 41.5. The first-order chi connectivity index (χ1) is 19.1. The molecule has 1 aliphatic rings. The Morgan fingerprint density at radius 1 is 0.951 bits per heavy atom. The summed E-state index contributed by atoms with van der Waals surface area (Å²) in [6, 6.07) is 12.3. The van der Waals surface area contributed by atoms with E-state index in [2.05, 4.69) is 30.8 Å². The van der Waals surface area contributed by atoms with Gasteiger partial charge in [0.25, 0.3) is 5.91 Å². The number of aliphatic hydroxyl groups excluding tert-OH is 2. The van der Waals surface area contributed by atoms with Crippen molar-refractivity contribution >= 4 is 11.9 Å². The number of aliphatic carboxylic acids is 1. The summed E-state index contributed by atoms with van der Waals surface area (Å²) in [5, 5.41) is 31.9. The zero-order valence-corrected chi connectivity index (χ0v) is 23.5. The Hall–Kier alpha value is -3.15. The molecule has 1 fully saturated rings. The number of aliphatic hydroxyl groups is 2. The number of halogens is 3. The molecule has 0 saturated heterocycles. The highest BCUT2D eigenvalue weighted by molar-refractivity contribution is 5.94. The first-order valence-electron chi connectivity index (χ1n) is 13.7. The lowest BCUT2D eigenvalue weighted by Crippen LogP contribution is -2.46. The molecule has 8 nitrogen and oxygen atoms in total. The lowest BCUT2D eigenvalue weighted by Gasteiger charge is -2.43. The maximum Gasteiger partial charge on any atom is 0.573 e. The fourth-order valence-corrected chi connectivity index (χ4v) is 5.26. The van der Waals surface area contributed by atoms with Crippen LogP contribution < -0.4 is 10.1 Å². The number of carbonyl (C=O) groups excluding carboxylic acids is 1. The summed E-state index contributed by atoms with van der Waals surface area (Å²) in [6.45, 7) is 6.67. The van der Waals surface area contributed by atoms with Gasteiger partial charge < -0.3 is 25.4 Å². The van der Waals surface area contributed by atoms with Crippen molar-refractivity contribution < 1.29 is 42.8 Å². The van der Waals surface area contributed by atoms with E-state index >= 15 is 0 Å². The van der Waals surface area contributed by atoms with Crippen molar-refractivity contribution in [2.75, 3.05) is 6.54 Å². The van der Waals surface area contributed by atoms with Crippen LogP contribution in [0, 0.1) is 11.3 Å². The average molecular weight is 581 g/mol. The Bertz CT molecular complexity index is 1140.